The van der Waals surface area contributed by atoms with Gasteiger partial charge in [0.05, 0.1) is 19.8 Å². The molecule has 0 spiro atoms. The smallest absolute Gasteiger partial charge is 0.240 e. The molecule has 2 aliphatic heterocycles. The van der Waals surface area contributed by atoms with E-state index in [-0.39, 0.29) is 39.5 Å². The van der Waals surface area contributed by atoms with Crippen molar-refractivity contribution < 1.29 is 43.9 Å². The van der Waals surface area contributed by atoms with E-state index in [1.54, 1.807) is 0 Å². The second-order valence-electron chi connectivity index (χ2n) is 7.05. The summed E-state index contributed by atoms with van der Waals surface area (Å²) in [6, 6.07) is 2.55. The number of hydrogen-bond donors (Lipinski definition) is 3. The van der Waals surface area contributed by atoms with Crippen molar-refractivity contribution >= 4 is 12.1 Å². The maximum atomic E-state index is 13.5. The lowest BCUT2D eigenvalue weighted by molar-refractivity contribution is -0.255. The van der Waals surface area contributed by atoms with Crippen LogP contribution in [-0.2, 0) is 16.1 Å². The van der Waals surface area contributed by atoms with Gasteiger partial charge < -0.3 is 34.3 Å². The minimum absolute atomic E-state index is 0.00814. The molecule has 3 N–H and O–H groups in total. The van der Waals surface area contributed by atoms with E-state index in [0.29, 0.717) is 6.29 Å². The number of benzene rings is 2. The second-order valence-corrected chi connectivity index (χ2v) is 7.05. The van der Waals surface area contributed by atoms with E-state index >= 15 is 0 Å². The Balaban J connectivity index is 2.11. The van der Waals surface area contributed by atoms with E-state index in [4.69, 9.17) is 18.9 Å². The molecule has 9 heteroatoms. The van der Waals surface area contributed by atoms with Gasteiger partial charge in [0, 0.05) is 23.6 Å². The lowest BCUT2D eigenvalue weighted by Crippen LogP contribution is -2.55. The average molecular weight is 402 g/mol. The zero-order valence-electron chi connectivity index (χ0n) is 16.0. The van der Waals surface area contributed by atoms with Crippen molar-refractivity contribution in [3.05, 3.63) is 34.4 Å². The molecule has 4 rings (SSSR count). The molecule has 2 aliphatic rings. The molecule has 2 heterocycles. The summed E-state index contributed by atoms with van der Waals surface area (Å²) in [5, 5.41) is 31.4. The Morgan fingerprint density at radius 1 is 0.966 bits per heavy atom. The van der Waals surface area contributed by atoms with Crippen LogP contribution in [0.5, 0.6) is 34.5 Å². The van der Waals surface area contributed by atoms with E-state index < -0.39 is 34.4 Å². The quantitative estimate of drug-likeness (QED) is 0.523. The van der Waals surface area contributed by atoms with Gasteiger partial charge >= 0.3 is 0 Å². The zero-order valence-corrected chi connectivity index (χ0v) is 16.0. The molecule has 2 aromatic rings. The molecular formula is C20H18O9. The number of fused-ring (bicyclic) bond motifs is 6. The predicted octanol–water partition coefficient (Wildman–Crippen LogP) is 2.33. The van der Waals surface area contributed by atoms with E-state index in [2.05, 4.69) is 0 Å². The van der Waals surface area contributed by atoms with Gasteiger partial charge in [-0.1, -0.05) is 0 Å². The van der Waals surface area contributed by atoms with E-state index in [0.717, 1.165) is 0 Å². The first-order valence-corrected chi connectivity index (χ1v) is 8.60. The standard InChI is InChI=1S/C20H18O9/c1-19-12-8(7-21)5-10(26-3)15(23)17(12)28-20(2,29-19)13-9(18(19)25)6-11(27-4)14(22)16(13)24/h5-7,22-24H,1-4H3/t19-,20-/m1/s1. The Morgan fingerprint density at radius 3 is 2.17 bits per heavy atom. The van der Waals surface area contributed by atoms with Gasteiger partial charge in [-0.3, -0.25) is 9.59 Å². The highest BCUT2D eigenvalue weighted by Gasteiger charge is 2.60. The monoisotopic (exact) mass is 402 g/mol. The Labute approximate surface area is 165 Å². The summed E-state index contributed by atoms with van der Waals surface area (Å²) < 4.78 is 22.0. The van der Waals surface area contributed by atoms with Crippen LogP contribution in [0.3, 0.4) is 0 Å². The largest absolute Gasteiger partial charge is 0.504 e. The molecule has 2 atom stereocenters. The Kier molecular flexibility index (Phi) is 3.76. The Hall–Kier alpha value is -3.46. The van der Waals surface area contributed by atoms with Crippen molar-refractivity contribution in [1.29, 1.82) is 0 Å². The van der Waals surface area contributed by atoms with Gasteiger partial charge in [-0.2, -0.15) is 0 Å². The van der Waals surface area contributed by atoms with Gasteiger partial charge in [-0.05, 0) is 19.1 Å². The number of rotatable bonds is 3. The Morgan fingerprint density at radius 2 is 1.59 bits per heavy atom. The third-order valence-electron chi connectivity index (χ3n) is 5.36. The topological polar surface area (TPSA) is 132 Å². The molecule has 0 saturated heterocycles. The van der Waals surface area contributed by atoms with Crippen molar-refractivity contribution in [2.24, 2.45) is 0 Å². The van der Waals surface area contributed by atoms with Crippen molar-refractivity contribution in [1.82, 2.24) is 0 Å². The number of carbonyl (C=O) groups excluding carboxylic acids is 2. The number of phenols is 3. The number of hydrogen-bond acceptors (Lipinski definition) is 9. The van der Waals surface area contributed by atoms with Crippen LogP contribution in [0.1, 0.15) is 45.7 Å². The third kappa shape index (κ3) is 2.18. The fourth-order valence-electron chi connectivity index (χ4n) is 4.09. The molecule has 9 nitrogen and oxygen atoms in total. The number of phenolic OH excluding ortho intramolecular Hbond substituents is 3. The number of ether oxygens (including phenoxy) is 4. The van der Waals surface area contributed by atoms with Gasteiger partial charge in [-0.15, -0.1) is 0 Å². The van der Waals surface area contributed by atoms with Crippen LogP contribution in [0.25, 0.3) is 0 Å². The third-order valence-corrected chi connectivity index (χ3v) is 5.36. The summed E-state index contributed by atoms with van der Waals surface area (Å²) >= 11 is 0. The highest BCUT2D eigenvalue weighted by atomic mass is 16.7. The minimum Gasteiger partial charge on any atom is -0.504 e. The van der Waals surface area contributed by atoms with Gasteiger partial charge in [-0.25, -0.2) is 0 Å². The molecule has 0 fully saturated rings. The second kappa shape index (κ2) is 5.77. The van der Waals surface area contributed by atoms with Crippen LogP contribution in [0.2, 0.25) is 0 Å². The van der Waals surface area contributed by atoms with Crippen LogP contribution in [0.4, 0.5) is 0 Å². The van der Waals surface area contributed by atoms with Crippen LogP contribution in [0.15, 0.2) is 12.1 Å². The molecule has 0 unspecified atom stereocenters. The van der Waals surface area contributed by atoms with Crippen molar-refractivity contribution in [2.75, 3.05) is 14.2 Å². The number of aromatic hydroxyl groups is 3. The summed E-state index contributed by atoms with van der Waals surface area (Å²) in [4.78, 5) is 25.2. The van der Waals surface area contributed by atoms with Gasteiger partial charge in [0.25, 0.3) is 0 Å². The van der Waals surface area contributed by atoms with Crippen LogP contribution in [0, 0.1) is 0 Å². The number of methoxy groups -OCH3 is 2. The van der Waals surface area contributed by atoms with Gasteiger partial charge in [0.15, 0.2) is 40.7 Å². The fraction of sp³-hybridized carbons (Fsp3) is 0.300. The minimum atomic E-state index is -1.77. The normalized spacial score (nSPS) is 24.2. The van der Waals surface area contributed by atoms with Gasteiger partial charge in [0.1, 0.15) is 0 Å². The maximum absolute atomic E-state index is 13.5. The first-order chi connectivity index (χ1) is 13.6. The molecular weight excluding hydrogens is 384 g/mol. The maximum Gasteiger partial charge on any atom is 0.240 e. The van der Waals surface area contributed by atoms with Crippen LogP contribution in [-0.4, -0.2) is 41.6 Å². The lowest BCUT2D eigenvalue weighted by atomic mass is 9.76. The summed E-state index contributed by atoms with van der Waals surface area (Å²) in [5.41, 5.74) is -1.80. The number of aldehydes is 1. The average Bonchev–Trinajstić information content (AvgIpc) is 2.69. The van der Waals surface area contributed by atoms with Crippen molar-refractivity contribution in [3.63, 3.8) is 0 Å². The zero-order chi connectivity index (χ0) is 21.3. The SMILES string of the molecule is COc1cc2c(c(O)c1O)[C@]1(C)Oc3c(O)c(OC)cc(C=O)c3[C@@](C)(O1)C2=O. The highest BCUT2D eigenvalue weighted by molar-refractivity contribution is 6.08. The first-order valence-electron chi connectivity index (χ1n) is 8.60. The number of carbonyl (C=O) groups is 2. The Bertz CT molecular complexity index is 1090. The van der Waals surface area contributed by atoms with Crippen LogP contribution >= 0.6 is 0 Å². The summed E-state index contributed by atoms with van der Waals surface area (Å²) in [6.07, 6.45) is 0.499. The first kappa shape index (κ1) is 18.9. The van der Waals surface area contributed by atoms with Crippen LogP contribution < -0.4 is 14.2 Å². The summed E-state index contributed by atoms with van der Waals surface area (Å²) in [7, 11) is 2.58. The molecule has 0 aromatic heterocycles. The number of Topliss-reactive ketones (excluding diaryl/α,β-unsaturated/α-hetero) is 1. The molecule has 29 heavy (non-hydrogen) atoms. The van der Waals surface area contributed by atoms with E-state index in [1.807, 2.05) is 0 Å². The van der Waals surface area contributed by atoms with E-state index in [1.165, 1.54) is 40.2 Å². The molecule has 152 valence electrons. The molecule has 0 aliphatic carbocycles. The van der Waals surface area contributed by atoms with E-state index in [9.17, 15) is 24.9 Å². The fourth-order valence-corrected chi connectivity index (χ4v) is 4.09. The molecule has 0 amide bonds. The highest BCUT2D eigenvalue weighted by Crippen LogP contribution is 2.60. The summed E-state index contributed by atoms with van der Waals surface area (Å²) in [6.45, 7) is 2.86. The molecule has 2 aromatic carbocycles. The number of ketones is 1. The lowest BCUT2D eigenvalue weighted by Gasteiger charge is -2.49. The van der Waals surface area contributed by atoms with Gasteiger partial charge in [0.2, 0.25) is 17.3 Å². The molecule has 0 saturated carbocycles. The van der Waals surface area contributed by atoms with Crippen molar-refractivity contribution in [3.8, 4) is 34.5 Å². The molecule has 2 bridgehead atoms. The summed E-state index contributed by atoms with van der Waals surface area (Å²) in [5.74, 6) is -4.40. The molecule has 0 radical (unpaired) electrons. The predicted molar refractivity (Wildman–Crippen MR) is 97.1 cm³/mol. The van der Waals surface area contributed by atoms with Crippen molar-refractivity contribution in [2.45, 2.75) is 25.2 Å².